The molecule has 28 heavy (non-hydrogen) atoms. The molecule has 0 saturated heterocycles. The summed E-state index contributed by atoms with van der Waals surface area (Å²) >= 11 is 0. The summed E-state index contributed by atoms with van der Waals surface area (Å²) in [6.07, 6.45) is 0. The molecule has 0 bridgehead atoms. The van der Waals surface area contributed by atoms with E-state index < -0.39 is 29.6 Å². The number of halogens is 1. The van der Waals surface area contributed by atoms with Crippen LogP contribution in [-0.4, -0.2) is 21.7 Å². The monoisotopic (exact) mass is 382 g/mol. The van der Waals surface area contributed by atoms with Gasteiger partial charge < -0.3 is 9.15 Å². The second kappa shape index (κ2) is 6.80. The first-order valence-electron chi connectivity index (χ1n) is 8.60. The highest BCUT2D eigenvalue weighted by atomic mass is 19.1. The first-order valence-corrected chi connectivity index (χ1v) is 8.60. The molecule has 2 aromatic heterocycles. The maximum atomic E-state index is 13.3. The number of para-hydroxylation sites is 1. The Morgan fingerprint density at radius 2 is 1.82 bits per heavy atom. The summed E-state index contributed by atoms with van der Waals surface area (Å²) in [6.45, 7) is 1.41. The average Bonchev–Trinajstić information content (AvgIpc) is 3.07. The van der Waals surface area contributed by atoms with Crippen molar-refractivity contribution in [3.8, 4) is 5.69 Å². The normalized spacial score (nSPS) is 11.2. The van der Waals surface area contributed by atoms with Gasteiger partial charge in [0.05, 0.1) is 12.3 Å². The fraction of sp³-hybridized carbons (Fsp3) is 0.150. The maximum absolute atomic E-state index is 13.3. The Balaban J connectivity index is 2.10. The zero-order valence-corrected chi connectivity index (χ0v) is 14.8. The summed E-state index contributed by atoms with van der Waals surface area (Å²) in [5.41, 5.74) is -0.724. The van der Waals surface area contributed by atoms with Crippen LogP contribution in [0.1, 0.15) is 6.92 Å². The van der Waals surface area contributed by atoms with Gasteiger partial charge in [-0.25, -0.2) is 13.8 Å². The van der Waals surface area contributed by atoms with Crippen molar-refractivity contribution in [2.75, 3.05) is 6.61 Å². The smallest absolute Gasteiger partial charge is 0.336 e. The van der Waals surface area contributed by atoms with Gasteiger partial charge in [-0.05, 0) is 43.3 Å². The zero-order valence-electron chi connectivity index (χ0n) is 14.8. The molecule has 0 spiro atoms. The van der Waals surface area contributed by atoms with Crippen LogP contribution in [0.3, 0.4) is 0 Å². The quantitative estimate of drug-likeness (QED) is 0.507. The van der Waals surface area contributed by atoms with Crippen LogP contribution >= 0.6 is 0 Å². The largest absolute Gasteiger partial charge is 0.465 e. The van der Waals surface area contributed by atoms with Gasteiger partial charge in [0.25, 0.3) is 0 Å². The van der Waals surface area contributed by atoms with E-state index in [0.29, 0.717) is 11.0 Å². The van der Waals surface area contributed by atoms with Crippen molar-refractivity contribution in [1.29, 1.82) is 0 Å². The van der Waals surface area contributed by atoms with Crippen molar-refractivity contribution >= 4 is 28.0 Å². The van der Waals surface area contributed by atoms with Crippen molar-refractivity contribution in [2.24, 2.45) is 0 Å². The Hall–Kier alpha value is -3.68. The molecular formula is C20H15FN2O5. The van der Waals surface area contributed by atoms with Gasteiger partial charge >= 0.3 is 17.2 Å². The third-order valence-corrected chi connectivity index (χ3v) is 4.34. The van der Waals surface area contributed by atoms with E-state index in [4.69, 9.17) is 9.15 Å². The van der Waals surface area contributed by atoms with E-state index in [9.17, 15) is 18.8 Å². The molecule has 8 heteroatoms. The Bertz CT molecular complexity index is 1310. The Morgan fingerprint density at radius 3 is 2.54 bits per heavy atom. The molecule has 7 nitrogen and oxygen atoms in total. The summed E-state index contributed by atoms with van der Waals surface area (Å²) in [7, 11) is 0. The molecule has 0 atom stereocenters. The molecule has 142 valence electrons. The molecule has 4 rings (SSSR count). The second-order valence-corrected chi connectivity index (χ2v) is 6.07. The molecule has 0 saturated carbocycles. The van der Waals surface area contributed by atoms with Gasteiger partial charge in [-0.15, -0.1) is 0 Å². The van der Waals surface area contributed by atoms with E-state index >= 15 is 0 Å². The van der Waals surface area contributed by atoms with E-state index in [2.05, 4.69) is 0 Å². The van der Waals surface area contributed by atoms with Crippen LogP contribution in [0.15, 0.2) is 62.5 Å². The van der Waals surface area contributed by atoms with Crippen LogP contribution in [0.5, 0.6) is 0 Å². The number of hydrogen-bond acceptors (Lipinski definition) is 5. The SMILES string of the molecule is CCOC(=O)Cn1c(=O)n(-c2ccc(F)cc2)c(=O)c2oc3ccccc3c21. The van der Waals surface area contributed by atoms with Gasteiger partial charge in [-0.3, -0.25) is 14.2 Å². The summed E-state index contributed by atoms with van der Waals surface area (Å²) in [4.78, 5) is 38.3. The minimum absolute atomic E-state index is 0.0746. The standard InChI is InChI=1S/C20H15FN2O5/c1-2-27-16(24)11-22-17-14-5-3-4-6-15(14)28-18(17)19(25)23(20(22)26)13-9-7-12(21)8-10-13/h3-10H,2,11H2,1H3. The second-order valence-electron chi connectivity index (χ2n) is 6.07. The van der Waals surface area contributed by atoms with E-state index in [1.807, 2.05) is 0 Å². The highest BCUT2D eigenvalue weighted by Crippen LogP contribution is 2.25. The molecule has 0 unspecified atom stereocenters. The van der Waals surface area contributed by atoms with E-state index in [1.165, 1.54) is 12.1 Å². The van der Waals surface area contributed by atoms with Crippen molar-refractivity contribution in [2.45, 2.75) is 13.5 Å². The van der Waals surface area contributed by atoms with Crippen molar-refractivity contribution in [3.63, 3.8) is 0 Å². The predicted molar refractivity (Wildman–Crippen MR) is 100 cm³/mol. The van der Waals surface area contributed by atoms with Crippen molar-refractivity contribution in [3.05, 3.63) is 75.2 Å². The molecule has 0 radical (unpaired) electrons. The highest BCUT2D eigenvalue weighted by molar-refractivity contribution is 6.02. The third kappa shape index (κ3) is 2.79. The fourth-order valence-electron chi connectivity index (χ4n) is 3.15. The predicted octanol–water partition coefficient (Wildman–Crippen LogP) is 2.60. The van der Waals surface area contributed by atoms with Gasteiger partial charge in [0.1, 0.15) is 23.5 Å². The zero-order chi connectivity index (χ0) is 19.8. The Morgan fingerprint density at radius 1 is 1.11 bits per heavy atom. The maximum Gasteiger partial charge on any atom is 0.336 e. The van der Waals surface area contributed by atoms with Gasteiger partial charge in [0.2, 0.25) is 5.58 Å². The van der Waals surface area contributed by atoms with E-state index in [1.54, 1.807) is 31.2 Å². The van der Waals surface area contributed by atoms with Gasteiger partial charge in [0.15, 0.2) is 0 Å². The number of hydrogen-bond donors (Lipinski definition) is 0. The summed E-state index contributed by atoms with van der Waals surface area (Å²) in [5, 5.41) is 0.530. The number of nitrogens with zero attached hydrogens (tertiary/aromatic N) is 2. The molecule has 4 aromatic rings. The van der Waals surface area contributed by atoms with Crippen LogP contribution in [0.25, 0.3) is 27.8 Å². The number of ether oxygens (including phenoxy) is 1. The number of carbonyl (C=O) groups excluding carboxylic acids is 1. The van der Waals surface area contributed by atoms with Crippen LogP contribution in [0, 0.1) is 5.82 Å². The Kier molecular flexibility index (Phi) is 4.31. The summed E-state index contributed by atoms with van der Waals surface area (Å²) in [5.74, 6) is -1.13. The molecule has 2 aromatic carbocycles. The van der Waals surface area contributed by atoms with Gasteiger partial charge in [-0.1, -0.05) is 12.1 Å². The molecule has 0 aliphatic rings. The molecule has 2 heterocycles. The molecule has 0 fully saturated rings. The number of aromatic nitrogens is 2. The van der Waals surface area contributed by atoms with Crippen LogP contribution in [0.2, 0.25) is 0 Å². The molecule has 0 N–H and O–H groups in total. The number of benzene rings is 2. The fourth-order valence-corrected chi connectivity index (χ4v) is 3.15. The number of carbonyl (C=O) groups is 1. The van der Waals surface area contributed by atoms with Crippen LogP contribution in [0.4, 0.5) is 4.39 Å². The molecule has 0 aliphatic carbocycles. The van der Waals surface area contributed by atoms with Crippen LogP contribution in [-0.2, 0) is 16.1 Å². The minimum atomic E-state index is -0.747. The van der Waals surface area contributed by atoms with E-state index in [-0.39, 0.29) is 23.4 Å². The molecular weight excluding hydrogens is 367 g/mol. The van der Waals surface area contributed by atoms with Crippen LogP contribution < -0.4 is 11.2 Å². The lowest BCUT2D eigenvalue weighted by atomic mass is 10.2. The summed E-state index contributed by atoms with van der Waals surface area (Å²) < 4.78 is 25.9. The molecule has 0 aliphatic heterocycles. The number of fused-ring (bicyclic) bond motifs is 3. The van der Waals surface area contributed by atoms with Gasteiger partial charge in [-0.2, -0.15) is 0 Å². The van der Waals surface area contributed by atoms with Crippen molar-refractivity contribution in [1.82, 2.24) is 9.13 Å². The van der Waals surface area contributed by atoms with E-state index in [0.717, 1.165) is 21.3 Å². The first-order chi connectivity index (χ1) is 13.5. The summed E-state index contributed by atoms with van der Waals surface area (Å²) in [6, 6.07) is 11.7. The number of esters is 1. The lowest BCUT2D eigenvalue weighted by Gasteiger charge is -2.11. The molecule has 0 amide bonds. The lowest BCUT2D eigenvalue weighted by molar-refractivity contribution is -0.143. The van der Waals surface area contributed by atoms with Gasteiger partial charge in [0, 0.05) is 5.39 Å². The average molecular weight is 382 g/mol. The number of rotatable bonds is 4. The topological polar surface area (TPSA) is 83.4 Å². The Labute approximate surface area is 157 Å². The van der Waals surface area contributed by atoms with Crippen molar-refractivity contribution < 1.29 is 18.3 Å². The lowest BCUT2D eigenvalue weighted by Crippen LogP contribution is -2.40. The highest BCUT2D eigenvalue weighted by Gasteiger charge is 2.22. The number of furan rings is 1. The first kappa shape index (κ1) is 17.7. The third-order valence-electron chi connectivity index (χ3n) is 4.34. The minimum Gasteiger partial charge on any atom is -0.465 e.